The molecule has 1 atom stereocenters. The molecular weight excluding hydrogens is 488 g/mol. The standard InChI is InChI=1S/C32H36N4O3/c1-22-6-4-18-36(21-22)19-5-17-33-32(37)25-11-16-28-29(20-25)35-31(24-9-14-27(39-3)15-10-24)30(34-28)23-7-12-26(38-2)13-8-23/h7-16,20,22H,4-6,17-19,21H2,1-3H3,(H,33,37)/t22-/m0/s1. The van der Waals surface area contributed by atoms with Crippen molar-refractivity contribution >= 4 is 16.9 Å². The van der Waals surface area contributed by atoms with Crippen LogP contribution in [0.15, 0.2) is 66.7 Å². The number of likely N-dealkylation sites (tertiary alicyclic amines) is 1. The first-order valence-corrected chi connectivity index (χ1v) is 13.7. The number of hydrogen-bond acceptors (Lipinski definition) is 6. The van der Waals surface area contributed by atoms with Gasteiger partial charge in [0.05, 0.1) is 36.6 Å². The highest BCUT2D eigenvalue weighted by molar-refractivity contribution is 5.98. The monoisotopic (exact) mass is 524 g/mol. The summed E-state index contributed by atoms with van der Waals surface area (Å²) in [4.78, 5) is 25.5. The van der Waals surface area contributed by atoms with Gasteiger partial charge in [-0.15, -0.1) is 0 Å². The van der Waals surface area contributed by atoms with Gasteiger partial charge in [0, 0.05) is 29.8 Å². The lowest BCUT2D eigenvalue weighted by Crippen LogP contribution is -2.36. The molecule has 0 unspecified atom stereocenters. The zero-order chi connectivity index (χ0) is 27.2. The minimum absolute atomic E-state index is 0.0871. The van der Waals surface area contributed by atoms with Crippen LogP contribution < -0.4 is 14.8 Å². The second kappa shape index (κ2) is 12.3. The van der Waals surface area contributed by atoms with E-state index in [1.165, 1.54) is 12.8 Å². The molecule has 0 saturated carbocycles. The average Bonchev–Trinajstić information content (AvgIpc) is 2.98. The molecule has 0 bridgehead atoms. The third kappa shape index (κ3) is 6.37. The van der Waals surface area contributed by atoms with E-state index in [-0.39, 0.29) is 5.91 Å². The number of rotatable bonds is 9. The molecule has 3 aromatic carbocycles. The smallest absolute Gasteiger partial charge is 0.251 e. The van der Waals surface area contributed by atoms with E-state index in [0.29, 0.717) is 17.6 Å². The SMILES string of the molecule is COc1ccc(-c2nc3ccc(C(=O)NCCCN4CCC[C@H](C)C4)cc3nc2-c2ccc(OC)cc2)cc1. The highest BCUT2D eigenvalue weighted by Gasteiger charge is 2.17. The van der Waals surface area contributed by atoms with Crippen molar-refractivity contribution in [1.82, 2.24) is 20.2 Å². The zero-order valence-electron chi connectivity index (χ0n) is 22.9. The molecule has 39 heavy (non-hydrogen) atoms. The van der Waals surface area contributed by atoms with Crippen LogP contribution in [0.2, 0.25) is 0 Å². The fraction of sp³-hybridized carbons (Fsp3) is 0.344. The van der Waals surface area contributed by atoms with Gasteiger partial charge in [0.15, 0.2) is 0 Å². The van der Waals surface area contributed by atoms with Gasteiger partial charge in [0.1, 0.15) is 11.5 Å². The Morgan fingerprint density at radius 3 is 2.10 bits per heavy atom. The third-order valence-corrected chi connectivity index (χ3v) is 7.33. The molecule has 1 amide bonds. The summed E-state index contributed by atoms with van der Waals surface area (Å²) < 4.78 is 10.7. The Morgan fingerprint density at radius 1 is 0.897 bits per heavy atom. The van der Waals surface area contributed by atoms with E-state index in [0.717, 1.165) is 71.5 Å². The van der Waals surface area contributed by atoms with Crippen LogP contribution in [0.1, 0.15) is 36.5 Å². The van der Waals surface area contributed by atoms with E-state index in [9.17, 15) is 4.79 Å². The van der Waals surface area contributed by atoms with Crippen molar-refractivity contribution < 1.29 is 14.3 Å². The Kier molecular flexibility index (Phi) is 8.37. The summed E-state index contributed by atoms with van der Waals surface area (Å²) in [5, 5.41) is 3.08. The van der Waals surface area contributed by atoms with Crippen molar-refractivity contribution in [2.75, 3.05) is 40.4 Å². The van der Waals surface area contributed by atoms with Crippen LogP contribution in [0.5, 0.6) is 11.5 Å². The minimum atomic E-state index is -0.0871. The van der Waals surface area contributed by atoms with E-state index in [2.05, 4.69) is 17.1 Å². The Bertz CT molecular complexity index is 1420. The predicted octanol–water partition coefficient (Wildman–Crippen LogP) is 5.83. The van der Waals surface area contributed by atoms with E-state index < -0.39 is 0 Å². The molecule has 0 radical (unpaired) electrons. The lowest BCUT2D eigenvalue weighted by Gasteiger charge is -2.30. The van der Waals surface area contributed by atoms with Crippen molar-refractivity contribution in [2.45, 2.75) is 26.2 Å². The number of methoxy groups -OCH3 is 2. The molecule has 5 rings (SSSR count). The number of fused-ring (bicyclic) bond motifs is 1. The van der Waals surface area contributed by atoms with Crippen molar-refractivity contribution in [3.05, 3.63) is 72.3 Å². The van der Waals surface area contributed by atoms with Gasteiger partial charge in [0.25, 0.3) is 5.91 Å². The van der Waals surface area contributed by atoms with Gasteiger partial charge in [-0.1, -0.05) is 6.92 Å². The number of amides is 1. The molecule has 1 aliphatic heterocycles. The molecule has 1 saturated heterocycles. The summed E-state index contributed by atoms with van der Waals surface area (Å²) in [5.41, 5.74) is 5.34. The topological polar surface area (TPSA) is 76.6 Å². The molecule has 1 aromatic heterocycles. The Balaban J connectivity index is 1.38. The first-order chi connectivity index (χ1) is 19.0. The second-order valence-electron chi connectivity index (χ2n) is 10.2. The normalized spacial score (nSPS) is 15.7. The van der Waals surface area contributed by atoms with Gasteiger partial charge in [-0.2, -0.15) is 0 Å². The molecule has 0 spiro atoms. The Hall–Kier alpha value is -3.97. The summed E-state index contributed by atoms with van der Waals surface area (Å²) in [7, 11) is 3.30. The van der Waals surface area contributed by atoms with Crippen LogP contribution >= 0.6 is 0 Å². The van der Waals surface area contributed by atoms with Crippen LogP contribution in [-0.4, -0.2) is 61.2 Å². The second-order valence-corrected chi connectivity index (χ2v) is 10.2. The van der Waals surface area contributed by atoms with Crippen LogP contribution in [0, 0.1) is 5.92 Å². The summed E-state index contributed by atoms with van der Waals surface area (Å²) >= 11 is 0. The maximum absolute atomic E-state index is 13.0. The number of ether oxygens (including phenoxy) is 2. The van der Waals surface area contributed by atoms with Crippen LogP contribution in [-0.2, 0) is 0 Å². The minimum Gasteiger partial charge on any atom is -0.497 e. The van der Waals surface area contributed by atoms with E-state index in [1.807, 2.05) is 66.7 Å². The van der Waals surface area contributed by atoms with E-state index in [4.69, 9.17) is 19.4 Å². The van der Waals surface area contributed by atoms with Crippen molar-refractivity contribution in [3.8, 4) is 34.0 Å². The first-order valence-electron chi connectivity index (χ1n) is 13.7. The largest absolute Gasteiger partial charge is 0.497 e. The van der Waals surface area contributed by atoms with Gasteiger partial charge in [-0.05, 0) is 105 Å². The number of hydrogen-bond donors (Lipinski definition) is 1. The molecule has 7 heteroatoms. The van der Waals surface area contributed by atoms with Crippen molar-refractivity contribution in [3.63, 3.8) is 0 Å². The highest BCUT2D eigenvalue weighted by atomic mass is 16.5. The molecule has 1 fully saturated rings. The fourth-order valence-electron chi connectivity index (χ4n) is 5.19. The Labute approximate surface area is 230 Å². The number of nitrogens with one attached hydrogen (secondary N) is 1. The molecule has 0 aliphatic carbocycles. The quantitative estimate of drug-likeness (QED) is 0.278. The maximum atomic E-state index is 13.0. The number of carbonyl (C=O) groups excluding carboxylic acids is 1. The van der Waals surface area contributed by atoms with Crippen molar-refractivity contribution in [1.29, 1.82) is 0 Å². The highest BCUT2D eigenvalue weighted by Crippen LogP contribution is 2.33. The number of piperidine rings is 1. The van der Waals surface area contributed by atoms with Gasteiger partial charge in [-0.25, -0.2) is 9.97 Å². The molecule has 202 valence electrons. The van der Waals surface area contributed by atoms with Crippen LogP contribution in [0.4, 0.5) is 0 Å². The van der Waals surface area contributed by atoms with Gasteiger partial charge >= 0.3 is 0 Å². The fourth-order valence-corrected chi connectivity index (χ4v) is 5.19. The number of aromatic nitrogens is 2. The van der Waals surface area contributed by atoms with E-state index >= 15 is 0 Å². The van der Waals surface area contributed by atoms with Gasteiger partial charge in [-0.3, -0.25) is 4.79 Å². The van der Waals surface area contributed by atoms with Crippen LogP contribution in [0.3, 0.4) is 0 Å². The zero-order valence-corrected chi connectivity index (χ0v) is 22.9. The lowest BCUT2D eigenvalue weighted by atomic mass is 10.0. The number of carbonyl (C=O) groups is 1. The maximum Gasteiger partial charge on any atom is 0.251 e. The summed E-state index contributed by atoms with van der Waals surface area (Å²) in [6.07, 6.45) is 3.53. The summed E-state index contributed by atoms with van der Waals surface area (Å²) in [6, 6.07) is 21.1. The van der Waals surface area contributed by atoms with Gasteiger partial charge in [0.2, 0.25) is 0 Å². The first kappa shape index (κ1) is 26.6. The number of nitrogens with zero attached hydrogens (tertiary/aromatic N) is 3. The van der Waals surface area contributed by atoms with Crippen molar-refractivity contribution in [2.24, 2.45) is 5.92 Å². The molecule has 1 aliphatic rings. The third-order valence-electron chi connectivity index (χ3n) is 7.33. The predicted molar refractivity (Wildman–Crippen MR) is 155 cm³/mol. The molecule has 2 heterocycles. The van der Waals surface area contributed by atoms with Gasteiger partial charge < -0.3 is 19.7 Å². The Morgan fingerprint density at radius 2 is 1.51 bits per heavy atom. The number of benzene rings is 3. The summed E-state index contributed by atoms with van der Waals surface area (Å²) in [6.45, 7) is 6.31. The molecule has 7 nitrogen and oxygen atoms in total. The van der Waals surface area contributed by atoms with Crippen LogP contribution in [0.25, 0.3) is 33.5 Å². The van der Waals surface area contributed by atoms with E-state index in [1.54, 1.807) is 14.2 Å². The molecule has 1 N–H and O–H groups in total. The molecule has 4 aromatic rings. The average molecular weight is 525 g/mol. The molecular formula is C32H36N4O3. The lowest BCUT2D eigenvalue weighted by molar-refractivity contribution is 0.0950. The summed E-state index contributed by atoms with van der Waals surface area (Å²) in [5.74, 6) is 2.22.